The van der Waals surface area contributed by atoms with E-state index in [1.165, 1.54) is 27.5 Å². The fraction of sp³-hybridized carbons (Fsp3) is 0.192. The Morgan fingerprint density at radius 2 is 1.67 bits per heavy atom. The lowest BCUT2D eigenvalue weighted by molar-refractivity contribution is 0.102. The molecule has 0 fully saturated rings. The van der Waals surface area contributed by atoms with Crippen LogP contribution in [0.15, 0.2) is 77.1 Å². The van der Waals surface area contributed by atoms with Crippen molar-refractivity contribution < 1.29 is 13.2 Å². The Morgan fingerprint density at radius 1 is 0.944 bits per heavy atom. The van der Waals surface area contributed by atoms with Crippen LogP contribution in [0, 0.1) is 13.8 Å². The Morgan fingerprint density at radius 3 is 2.33 bits per heavy atom. The lowest BCUT2D eigenvalue weighted by Gasteiger charge is -2.23. The molecule has 4 rings (SSSR count). The number of anilines is 2. The van der Waals surface area contributed by atoms with E-state index >= 15 is 0 Å². The third-order valence-electron chi connectivity index (χ3n) is 5.55. The molecule has 186 valence electrons. The van der Waals surface area contributed by atoms with Crippen LogP contribution in [-0.4, -0.2) is 30.8 Å². The molecule has 0 unspecified atom stereocenters. The number of carbonyl (C=O) groups excluding carboxylic acids is 1. The van der Waals surface area contributed by atoms with Crippen molar-refractivity contribution in [2.24, 2.45) is 0 Å². The number of nitrogens with one attached hydrogen (secondary N) is 1. The van der Waals surface area contributed by atoms with Gasteiger partial charge in [0.25, 0.3) is 5.91 Å². The van der Waals surface area contributed by atoms with E-state index < -0.39 is 10.0 Å². The first-order chi connectivity index (χ1) is 17.2. The Kier molecular flexibility index (Phi) is 8.07. The molecule has 0 atom stereocenters. The second-order valence-corrected chi connectivity index (χ2v) is 12.4. The number of amides is 1. The van der Waals surface area contributed by atoms with Crippen molar-refractivity contribution in [2.75, 3.05) is 15.9 Å². The van der Waals surface area contributed by atoms with Gasteiger partial charge in [-0.1, -0.05) is 71.6 Å². The van der Waals surface area contributed by atoms with Crippen molar-refractivity contribution >= 4 is 49.8 Å². The van der Waals surface area contributed by atoms with Gasteiger partial charge in [0, 0.05) is 11.3 Å². The van der Waals surface area contributed by atoms with Crippen LogP contribution in [0.4, 0.5) is 10.8 Å². The molecule has 0 spiro atoms. The van der Waals surface area contributed by atoms with Crippen LogP contribution < -0.4 is 9.62 Å². The zero-order valence-corrected chi connectivity index (χ0v) is 22.6. The summed E-state index contributed by atoms with van der Waals surface area (Å²) in [6, 6.07) is 22.5. The van der Waals surface area contributed by atoms with E-state index in [-0.39, 0.29) is 12.5 Å². The normalized spacial score (nSPS) is 11.3. The van der Waals surface area contributed by atoms with Crippen molar-refractivity contribution in [2.45, 2.75) is 30.5 Å². The van der Waals surface area contributed by atoms with Crippen LogP contribution in [0.3, 0.4) is 0 Å². The molecule has 36 heavy (non-hydrogen) atoms. The summed E-state index contributed by atoms with van der Waals surface area (Å²) in [6.45, 7) is 4.11. The standard InChI is InChI=1S/C26H26N4O3S3/c1-18-9-14-23(15-19(18)2)30(36(3,32)33)16-20-10-12-22(13-11-20)24(31)27-25-28-29-26(35-25)34-17-21-7-5-4-6-8-21/h4-15H,16-17H2,1-3H3,(H,27,28,31). The lowest BCUT2D eigenvalue weighted by Crippen LogP contribution is -2.29. The maximum Gasteiger partial charge on any atom is 0.257 e. The minimum Gasteiger partial charge on any atom is -0.296 e. The summed E-state index contributed by atoms with van der Waals surface area (Å²) >= 11 is 2.89. The number of hydrogen-bond acceptors (Lipinski definition) is 7. The Labute approximate surface area is 219 Å². The van der Waals surface area contributed by atoms with Gasteiger partial charge in [0.15, 0.2) is 4.34 Å². The van der Waals surface area contributed by atoms with Crippen LogP contribution in [0.1, 0.15) is 32.6 Å². The zero-order chi connectivity index (χ0) is 25.7. The van der Waals surface area contributed by atoms with Crippen LogP contribution in [0.25, 0.3) is 0 Å². The van der Waals surface area contributed by atoms with Gasteiger partial charge < -0.3 is 0 Å². The molecule has 0 radical (unpaired) electrons. The Bertz CT molecular complexity index is 1450. The molecule has 0 aliphatic carbocycles. The number of aromatic nitrogens is 2. The monoisotopic (exact) mass is 538 g/mol. The van der Waals surface area contributed by atoms with E-state index in [1.807, 2.05) is 44.2 Å². The number of carbonyl (C=O) groups is 1. The van der Waals surface area contributed by atoms with Crippen LogP contribution in [0.5, 0.6) is 0 Å². The van der Waals surface area contributed by atoms with E-state index in [0.717, 1.165) is 26.8 Å². The fourth-order valence-electron chi connectivity index (χ4n) is 3.42. The summed E-state index contributed by atoms with van der Waals surface area (Å²) in [7, 11) is -3.50. The Balaban J connectivity index is 1.39. The predicted octanol–water partition coefficient (Wildman–Crippen LogP) is 5.67. The zero-order valence-electron chi connectivity index (χ0n) is 20.1. The molecule has 4 aromatic rings. The number of aryl methyl sites for hydroxylation is 2. The van der Waals surface area contributed by atoms with E-state index in [9.17, 15) is 13.2 Å². The number of hydrogen-bond donors (Lipinski definition) is 1. The highest BCUT2D eigenvalue weighted by molar-refractivity contribution is 8.00. The molecule has 7 nitrogen and oxygen atoms in total. The van der Waals surface area contributed by atoms with Gasteiger partial charge in [-0.3, -0.25) is 14.4 Å². The molecule has 0 bridgehead atoms. The van der Waals surface area contributed by atoms with Gasteiger partial charge in [-0.2, -0.15) is 0 Å². The summed E-state index contributed by atoms with van der Waals surface area (Å²) in [5, 5.41) is 11.4. The van der Waals surface area contributed by atoms with Gasteiger partial charge in [0.05, 0.1) is 18.5 Å². The topological polar surface area (TPSA) is 92.3 Å². The first-order valence-electron chi connectivity index (χ1n) is 11.1. The maximum atomic E-state index is 12.7. The largest absolute Gasteiger partial charge is 0.296 e. The predicted molar refractivity (Wildman–Crippen MR) is 147 cm³/mol. The molecule has 0 saturated heterocycles. The smallest absolute Gasteiger partial charge is 0.257 e. The molecule has 1 amide bonds. The third kappa shape index (κ3) is 6.71. The van der Waals surface area contributed by atoms with Crippen LogP contribution >= 0.6 is 23.1 Å². The Hall–Kier alpha value is -3.21. The summed E-state index contributed by atoms with van der Waals surface area (Å²) in [5.74, 6) is 0.476. The second kappa shape index (κ2) is 11.2. The number of rotatable bonds is 9. The van der Waals surface area contributed by atoms with Crippen LogP contribution in [0.2, 0.25) is 0 Å². The minimum absolute atomic E-state index is 0.168. The van der Waals surface area contributed by atoms with Crippen molar-refractivity contribution in [3.8, 4) is 0 Å². The molecule has 3 aromatic carbocycles. The highest BCUT2D eigenvalue weighted by atomic mass is 32.2. The molecule has 0 saturated carbocycles. The molecule has 0 aliphatic rings. The van der Waals surface area contributed by atoms with Crippen molar-refractivity contribution in [3.63, 3.8) is 0 Å². The molecule has 0 aliphatic heterocycles. The van der Waals surface area contributed by atoms with Gasteiger partial charge >= 0.3 is 0 Å². The molecular weight excluding hydrogens is 513 g/mol. The van der Waals surface area contributed by atoms with Gasteiger partial charge in [0.2, 0.25) is 15.2 Å². The minimum atomic E-state index is -3.50. The van der Waals surface area contributed by atoms with Crippen molar-refractivity contribution in [3.05, 3.63) is 101 Å². The van der Waals surface area contributed by atoms with Gasteiger partial charge in [-0.25, -0.2) is 8.42 Å². The van der Waals surface area contributed by atoms with E-state index in [2.05, 4.69) is 27.6 Å². The fourth-order valence-corrected chi connectivity index (χ4v) is 6.00. The first kappa shape index (κ1) is 25.9. The molecule has 1 aromatic heterocycles. The van der Waals surface area contributed by atoms with E-state index in [4.69, 9.17) is 0 Å². The highest BCUT2D eigenvalue weighted by Crippen LogP contribution is 2.28. The van der Waals surface area contributed by atoms with E-state index in [0.29, 0.717) is 16.4 Å². The van der Waals surface area contributed by atoms with Crippen LogP contribution in [-0.2, 0) is 22.3 Å². The summed E-state index contributed by atoms with van der Waals surface area (Å²) in [5.41, 5.74) is 5.14. The summed E-state index contributed by atoms with van der Waals surface area (Å²) in [4.78, 5) is 12.7. The maximum absolute atomic E-state index is 12.7. The average Bonchev–Trinajstić information content (AvgIpc) is 3.30. The molecular formula is C26H26N4O3S3. The SMILES string of the molecule is Cc1ccc(N(Cc2ccc(C(=O)Nc3nnc(SCc4ccccc4)s3)cc2)S(C)(=O)=O)cc1C. The van der Waals surface area contributed by atoms with Gasteiger partial charge in [0.1, 0.15) is 0 Å². The number of nitrogens with zero attached hydrogens (tertiary/aromatic N) is 3. The molecule has 10 heteroatoms. The number of thioether (sulfide) groups is 1. The number of sulfonamides is 1. The van der Waals surface area contributed by atoms with Crippen molar-refractivity contribution in [1.29, 1.82) is 0 Å². The summed E-state index contributed by atoms with van der Waals surface area (Å²) < 4.78 is 27.1. The molecule has 1 heterocycles. The van der Waals surface area contributed by atoms with E-state index in [1.54, 1.807) is 42.1 Å². The van der Waals surface area contributed by atoms with Crippen molar-refractivity contribution in [1.82, 2.24) is 10.2 Å². The average molecular weight is 539 g/mol. The highest BCUT2D eigenvalue weighted by Gasteiger charge is 2.19. The number of benzene rings is 3. The third-order valence-corrected chi connectivity index (χ3v) is 8.74. The summed E-state index contributed by atoms with van der Waals surface area (Å²) in [6.07, 6.45) is 1.19. The second-order valence-electron chi connectivity index (χ2n) is 8.34. The first-order valence-corrected chi connectivity index (χ1v) is 14.8. The van der Waals surface area contributed by atoms with Gasteiger partial charge in [-0.15, -0.1) is 10.2 Å². The van der Waals surface area contributed by atoms with Gasteiger partial charge in [-0.05, 0) is 60.4 Å². The lowest BCUT2D eigenvalue weighted by atomic mass is 10.1. The molecule has 1 N–H and O–H groups in total. The quantitative estimate of drug-likeness (QED) is 0.218.